The van der Waals surface area contributed by atoms with Crippen LogP contribution < -0.4 is 0 Å². The van der Waals surface area contributed by atoms with Crippen molar-refractivity contribution in [2.75, 3.05) is 40.6 Å². The van der Waals surface area contributed by atoms with Gasteiger partial charge in [-0.25, -0.2) is 0 Å². The Morgan fingerprint density at radius 2 is 1.67 bits per heavy atom. The zero-order chi connectivity index (χ0) is 9.45. The number of methoxy groups -OCH3 is 2. The minimum absolute atomic E-state index is 0.0826. The Morgan fingerprint density at radius 3 is 2.00 bits per heavy atom. The van der Waals surface area contributed by atoms with Crippen LogP contribution in [0, 0.1) is 5.41 Å². The quantitative estimate of drug-likeness (QED) is 0.559. The van der Waals surface area contributed by atoms with Gasteiger partial charge in [0.05, 0.1) is 19.8 Å². The van der Waals surface area contributed by atoms with Crippen LogP contribution in [-0.2, 0) is 9.47 Å². The normalized spacial score (nSPS) is 12.0. The van der Waals surface area contributed by atoms with E-state index in [1.54, 1.807) is 14.2 Å². The predicted octanol–water partition coefficient (Wildman–Crippen LogP) is -0.360. The van der Waals surface area contributed by atoms with E-state index in [0.717, 1.165) is 0 Å². The van der Waals surface area contributed by atoms with E-state index in [4.69, 9.17) is 19.7 Å². The Kier molecular flexibility index (Phi) is 6.28. The van der Waals surface area contributed by atoms with Crippen LogP contribution in [0.3, 0.4) is 0 Å². The molecule has 2 N–H and O–H groups in total. The number of hydrogen-bond donors (Lipinski definition) is 2. The molecule has 0 aromatic carbocycles. The van der Waals surface area contributed by atoms with Gasteiger partial charge in [-0.3, -0.25) is 0 Å². The molecule has 0 aliphatic rings. The average Bonchev–Trinajstić information content (AvgIpc) is 2.13. The summed E-state index contributed by atoms with van der Waals surface area (Å²) in [6, 6.07) is 0. The molecule has 0 heterocycles. The Hall–Kier alpha value is -0.160. The third kappa shape index (κ3) is 3.49. The monoisotopic (exact) mass is 178 g/mol. The maximum absolute atomic E-state index is 9.04. The maximum atomic E-state index is 9.04. The topological polar surface area (TPSA) is 58.9 Å². The molecule has 0 radical (unpaired) electrons. The van der Waals surface area contributed by atoms with E-state index in [2.05, 4.69) is 0 Å². The zero-order valence-electron chi connectivity index (χ0n) is 7.75. The fraction of sp³-hybridized carbons (Fsp3) is 1.00. The van der Waals surface area contributed by atoms with E-state index in [1.807, 2.05) is 0 Å². The average molecular weight is 178 g/mol. The van der Waals surface area contributed by atoms with Crippen LogP contribution >= 0.6 is 0 Å². The van der Waals surface area contributed by atoms with Crippen molar-refractivity contribution in [3.05, 3.63) is 0 Å². The molecule has 0 saturated heterocycles. The van der Waals surface area contributed by atoms with E-state index in [0.29, 0.717) is 19.6 Å². The Labute approximate surface area is 73.1 Å². The third-order valence-corrected chi connectivity index (χ3v) is 1.96. The highest BCUT2D eigenvalue weighted by molar-refractivity contribution is 4.77. The second-order valence-electron chi connectivity index (χ2n) is 2.99. The van der Waals surface area contributed by atoms with Crippen molar-refractivity contribution in [3.8, 4) is 0 Å². The molecule has 0 aliphatic heterocycles. The zero-order valence-corrected chi connectivity index (χ0v) is 7.75. The first-order chi connectivity index (χ1) is 5.74. The lowest BCUT2D eigenvalue weighted by Gasteiger charge is -2.28. The first-order valence-electron chi connectivity index (χ1n) is 3.94. The molecule has 0 atom stereocenters. The predicted molar refractivity (Wildman–Crippen MR) is 45.0 cm³/mol. The molecule has 0 saturated carbocycles. The SMILES string of the molecule is COCCC(CO)(CO)COC. The van der Waals surface area contributed by atoms with E-state index in [9.17, 15) is 0 Å². The molecular weight excluding hydrogens is 160 g/mol. The number of rotatable bonds is 7. The summed E-state index contributed by atoms with van der Waals surface area (Å²) in [5.74, 6) is 0. The van der Waals surface area contributed by atoms with Crippen LogP contribution in [0.5, 0.6) is 0 Å². The van der Waals surface area contributed by atoms with Gasteiger partial charge < -0.3 is 19.7 Å². The van der Waals surface area contributed by atoms with E-state index < -0.39 is 5.41 Å². The van der Waals surface area contributed by atoms with Crippen molar-refractivity contribution in [2.45, 2.75) is 6.42 Å². The van der Waals surface area contributed by atoms with Crippen molar-refractivity contribution in [2.24, 2.45) is 5.41 Å². The lowest BCUT2D eigenvalue weighted by molar-refractivity contribution is -0.0298. The van der Waals surface area contributed by atoms with Crippen LogP contribution in [0.1, 0.15) is 6.42 Å². The van der Waals surface area contributed by atoms with Gasteiger partial charge in [-0.15, -0.1) is 0 Å². The second kappa shape index (κ2) is 6.37. The molecule has 4 heteroatoms. The number of aliphatic hydroxyl groups is 2. The summed E-state index contributed by atoms with van der Waals surface area (Å²) in [6.07, 6.45) is 0.602. The molecule has 0 aliphatic carbocycles. The molecule has 0 amide bonds. The van der Waals surface area contributed by atoms with Gasteiger partial charge in [0.15, 0.2) is 0 Å². The van der Waals surface area contributed by atoms with Gasteiger partial charge >= 0.3 is 0 Å². The van der Waals surface area contributed by atoms with Crippen LogP contribution in [0.25, 0.3) is 0 Å². The summed E-state index contributed by atoms with van der Waals surface area (Å²) in [5.41, 5.74) is -0.551. The van der Waals surface area contributed by atoms with Crippen molar-refractivity contribution >= 4 is 0 Å². The lowest BCUT2D eigenvalue weighted by atomic mass is 9.87. The number of ether oxygens (including phenoxy) is 2. The minimum atomic E-state index is -0.551. The summed E-state index contributed by atoms with van der Waals surface area (Å²) < 4.78 is 9.78. The van der Waals surface area contributed by atoms with Gasteiger partial charge in [0, 0.05) is 26.2 Å². The molecule has 0 fully saturated rings. The highest BCUT2D eigenvalue weighted by atomic mass is 16.5. The van der Waals surface area contributed by atoms with Crippen molar-refractivity contribution in [1.82, 2.24) is 0 Å². The van der Waals surface area contributed by atoms with Crippen molar-refractivity contribution in [1.29, 1.82) is 0 Å². The van der Waals surface area contributed by atoms with E-state index >= 15 is 0 Å². The molecule has 0 bridgehead atoms. The summed E-state index contributed by atoms with van der Waals surface area (Å²) in [4.78, 5) is 0. The number of aliphatic hydroxyl groups excluding tert-OH is 2. The maximum Gasteiger partial charge on any atom is 0.0563 e. The molecule has 0 aromatic rings. The molecule has 74 valence electrons. The fourth-order valence-corrected chi connectivity index (χ4v) is 0.996. The summed E-state index contributed by atoms with van der Waals surface area (Å²) >= 11 is 0. The highest BCUT2D eigenvalue weighted by Crippen LogP contribution is 2.20. The van der Waals surface area contributed by atoms with Crippen LogP contribution in [0.2, 0.25) is 0 Å². The van der Waals surface area contributed by atoms with Crippen LogP contribution in [0.4, 0.5) is 0 Å². The lowest BCUT2D eigenvalue weighted by Crippen LogP contribution is -2.35. The Bertz CT molecular complexity index is 101. The first-order valence-corrected chi connectivity index (χ1v) is 3.94. The third-order valence-electron chi connectivity index (χ3n) is 1.96. The molecular formula is C8H18O4. The molecule has 0 aromatic heterocycles. The van der Waals surface area contributed by atoms with Gasteiger partial charge in [-0.2, -0.15) is 0 Å². The Balaban J connectivity index is 3.95. The highest BCUT2D eigenvalue weighted by Gasteiger charge is 2.28. The van der Waals surface area contributed by atoms with Gasteiger partial charge in [0.1, 0.15) is 0 Å². The smallest absolute Gasteiger partial charge is 0.0563 e. The molecule has 0 unspecified atom stereocenters. The summed E-state index contributed by atoms with van der Waals surface area (Å²) in [7, 11) is 3.14. The van der Waals surface area contributed by atoms with Gasteiger partial charge in [-0.1, -0.05) is 0 Å². The standard InChI is InChI=1S/C8H18O4/c1-11-4-3-8(5-9,6-10)7-12-2/h9-10H,3-7H2,1-2H3. The summed E-state index contributed by atoms with van der Waals surface area (Å²) in [5, 5.41) is 18.1. The van der Waals surface area contributed by atoms with Crippen molar-refractivity contribution in [3.63, 3.8) is 0 Å². The van der Waals surface area contributed by atoms with Gasteiger partial charge in [0.25, 0.3) is 0 Å². The first kappa shape index (κ1) is 11.8. The Morgan fingerprint density at radius 1 is 1.08 bits per heavy atom. The molecule has 0 spiro atoms. The second-order valence-corrected chi connectivity index (χ2v) is 2.99. The summed E-state index contributed by atoms with van der Waals surface area (Å²) in [6.45, 7) is 0.704. The minimum Gasteiger partial charge on any atom is -0.396 e. The molecule has 4 nitrogen and oxygen atoms in total. The number of hydrogen-bond acceptors (Lipinski definition) is 4. The van der Waals surface area contributed by atoms with Crippen LogP contribution in [0.15, 0.2) is 0 Å². The van der Waals surface area contributed by atoms with Gasteiger partial charge in [-0.05, 0) is 6.42 Å². The van der Waals surface area contributed by atoms with Gasteiger partial charge in [0.2, 0.25) is 0 Å². The van der Waals surface area contributed by atoms with Crippen molar-refractivity contribution < 1.29 is 19.7 Å². The van der Waals surface area contributed by atoms with E-state index in [1.165, 1.54) is 0 Å². The molecule has 12 heavy (non-hydrogen) atoms. The molecule has 0 rings (SSSR count). The largest absolute Gasteiger partial charge is 0.396 e. The van der Waals surface area contributed by atoms with E-state index in [-0.39, 0.29) is 13.2 Å². The van der Waals surface area contributed by atoms with Crippen LogP contribution in [-0.4, -0.2) is 50.9 Å². The fourth-order valence-electron chi connectivity index (χ4n) is 0.996.